The molecule has 2 saturated heterocycles. The molecule has 2 aromatic rings. The number of piperidine rings is 1. The van der Waals surface area contributed by atoms with Crippen LogP contribution in [0.1, 0.15) is 44.2 Å². The number of nitrogens with zero attached hydrogens (tertiary/aromatic N) is 2. The van der Waals surface area contributed by atoms with Crippen molar-refractivity contribution in [2.75, 3.05) is 26.2 Å². The summed E-state index contributed by atoms with van der Waals surface area (Å²) in [6, 6.07) is 11.4. The summed E-state index contributed by atoms with van der Waals surface area (Å²) in [5.74, 6) is 0.632. The van der Waals surface area contributed by atoms with E-state index in [1.54, 1.807) is 17.5 Å². The maximum Gasteiger partial charge on any atom is 0.252 e. The molecular formula is C22H28N2O4S2. The van der Waals surface area contributed by atoms with Gasteiger partial charge in [0.1, 0.15) is 9.96 Å². The molecular weight excluding hydrogens is 420 g/mol. The summed E-state index contributed by atoms with van der Waals surface area (Å²) >= 11 is 1.23. The van der Waals surface area contributed by atoms with Gasteiger partial charge in [0, 0.05) is 19.6 Å². The summed E-state index contributed by atoms with van der Waals surface area (Å²) in [4.78, 5) is 15.4. The van der Waals surface area contributed by atoms with Gasteiger partial charge in [-0.05, 0) is 61.7 Å². The van der Waals surface area contributed by atoms with E-state index in [4.69, 9.17) is 4.74 Å². The van der Waals surface area contributed by atoms with Gasteiger partial charge in [-0.3, -0.25) is 4.79 Å². The number of hydrogen-bond donors (Lipinski definition) is 0. The lowest BCUT2D eigenvalue weighted by Gasteiger charge is -2.35. The van der Waals surface area contributed by atoms with Crippen molar-refractivity contribution in [2.24, 2.45) is 5.92 Å². The highest BCUT2D eigenvalue weighted by Gasteiger charge is 2.38. The fourth-order valence-electron chi connectivity index (χ4n) is 4.46. The van der Waals surface area contributed by atoms with Crippen molar-refractivity contribution < 1.29 is 17.9 Å². The van der Waals surface area contributed by atoms with Crippen LogP contribution in [0, 0.1) is 5.92 Å². The molecule has 8 heteroatoms. The Kier molecular flexibility index (Phi) is 6.46. The first-order valence-corrected chi connectivity index (χ1v) is 12.9. The van der Waals surface area contributed by atoms with Crippen LogP contribution < -0.4 is 4.74 Å². The number of likely N-dealkylation sites (tertiary alicyclic amines) is 1. The Balaban J connectivity index is 1.47. The zero-order valence-electron chi connectivity index (χ0n) is 17.2. The molecule has 0 N–H and O–H groups in total. The smallest absolute Gasteiger partial charge is 0.252 e. The highest BCUT2D eigenvalue weighted by Crippen LogP contribution is 2.36. The highest BCUT2D eigenvalue weighted by molar-refractivity contribution is 7.91. The van der Waals surface area contributed by atoms with Gasteiger partial charge in [-0.25, -0.2) is 8.42 Å². The van der Waals surface area contributed by atoms with E-state index in [1.807, 2.05) is 36.1 Å². The van der Waals surface area contributed by atoms with Crippen LogP contribution in [-0.2, 0) is 14.8 Å². The van der Waals surface area contributed by atoms with E-state index in [9.17, 15) is 13.2 Å². The summed E-state index contributed by atoms with van der Waals surface area (Å²) in [6.07, 6.45) is 3.35. The lowest BCUT2D eigenvalue weighted by atomic mass is 9.96. The Morgan fingerprint density at radius 2 is 1.90 bits per heavy atom. The number of benzene rings is 1. The van der Waals surface area contributed by atoms with Crippen LogP contribution in [0.4, 0.5) is 0 Å². The van der Waals surface area contributed by atoms with Gasteiger partial charge in [0.15, 0.2) is 0 Å². The zero-order chi connectivity index (χ0) is 21.1. The Hall–Kier alpha value is -1.90. The van der Waals surface area contributed by atoms with Gasteiger partial charge in [-0.2, -0.15) is 4.31 Å². The fraction of sp³-hybridized carbons (Fsp3) is 0.500. The van der Waals surface area contributed by atoms with E-state index in [2.05, 4.69) is 0 Å². The molecule has 1 amide bonds. The van der Waals surface area contributed by atoms with Gasteiger partial charge >= 0.3 is 0 Å². The third-order valence-electron chi connectivity index (χ3n) is 5.93. The van der Waals surface area contributed by atoms with Crippen LogP contribution in [0.5, 0.6) is 5.75 Å². The molecule has 0 spiro atoms. The predicted octanol–water partition coefficient (Wildman–Crippen LogP) is 3.91. The van der Waals surface area contributed by atoms with Crippen LogP contribution >= 0.6 is 11.3 Å². The Labute approximate surface area is 182 Å². The van der Waals surface area contributed by atoms with Gasteiger partial charge in [0.25, 0.3) is 10.0 Å². The quantitative estimate of drug-likeness (QED) is 0.672. The summed E-state index contributed by atoms with van der Waals surface area (Å²) in [6.45, 7) is 4.06. The van der Waals surface area contributed by atoms with Crippen LogP contribution in [0.15, 0.2) is 46.0 Å². The molecule has 4 rings (SSSR count). The Bertz CT molecular complexity index is 958. The average Bonchev–Trinajstić information content (AvgIpc) is 3.47. The minimum atomic E-state index is -3.52. The fourth-order valence-corrected chi connectivity index (χ4v) is 7.13. The van der Waals surface area contributed by atoms with Crippen molar-refractivity contribution in [3.63, 3.8) is 0 Å². The molecule has 2 atom stereocenters. The average molecular weight is 449 g/mol. The molecule has 0 aliphatic carbocycles. The maximum absolute atomic E-state index is 13.4. The van der Waals surface area contributed by atoms with Crippen molar-refractivity contribution in [1.29, 1.82) is 0 Å². The van der Waals surface area contributed by atoms with Crippen molar-refractivity contribution in [1.82, 2.24) is 9.21 Å². The minimum absolute atomic E-state index is 0.0532. The van der Waals surface area contributed by atoms with E-state index in [1.165, 1.54) is 15.6 Å². The number of carbonyl (C=O) groups is 1. The highest BCUT2D eigenvalue weighted by atomic mass is 32.2. The van der Waals surface area contributed by atoms with Crippen molar-refractivity contribution in [2.45, 2.75) is 42.9 Å². The number of sulfonamides is 1. The van der Waals surface area contributed by atoms with Crippen LogP contribution in [0.2, 0.25) is 0 Å². The molecule has 3 heterocycles. The number of ether oxygens (including phenoxy) is 1. The SMILES string of the molecule is CCOc1ccc([C@@H]2CCCN2C(=O)[C@@H]2CCCN(S(=O)(=O)c3cccs3)C2)cc1. The predicted molar refractivity (Wildman–Crippen MR) is 117 cm³/mol. The van der Waals surface area contributed by atoms with E-state index >= 15 is 0 Å². The summed E-state index contributed by atoms with van der Waals surface area (Å²) in [5.41, 5.74) is 1.11. The largest absolute Gasteiger partial charge is 0.494 e. The number of carbonyl (C=O) groups excluding carboxylic acids is 1. The van der Waals surface area contributed by atoms with Gasteiger partial charge in [-0.1, -0.05) is 18.2 Å². The van der Waals surface area contributed by atoms with E-state index in [-0.39, 0.29) is 24.4 Å². The van der Waals surface area contributed by atoms with Gasteiger partial charge < -0.3 is 9.64 Å². The third-order valence-corrected chi connectivity index (χ3v) is 9.17. The molecule has 162 valence electrons. The number of rotatable bonds is 6. The number of amides is 1. The standard InChI is InChI=1S/C22H28N2O4S2/c1-2-28-19-11-9-17(10-12-19)20-7-4-14-24(20)22(25)18-6-3-13-23(16-18)30(26,27)21-8-5-15-29-21/h5,8-12,15,18,20H,2-4,6-7,13-14,16H2,1H3/t18-,20+/m1/s1. The Morgan fingerprint density at radius 1 is 1.13 bits per heavy atom. The van der Waals surface area contributed by atoms with E-state index < -0.39 is 10.0 Å². The second-order valence-corrected chi connectivity index (χ2v) is 10.9. The minimum Gasteiger partial charge on any atom is -0.494 e. The molecule has 0 radical (unpaired) electrons. The van der Waals surface area contributed by atoms with Gasteiger partial charge in [-0.15, -0.1) is 11.3 Å². The van der Waals surface area contributed by atoms with Crippen LogP contribution in [-0.4, -0.2) is 49.8 Å². The molecule has 2 aliphatic heterocycles. The van der Waals surface area contributed by atoms with E-state index in [0.29, 0.717) is 23.8 Å². The van der Waals surface area contributed by atoms with Crippen molar-refractivity contribution in [3.8, 4) is 5.75 Å². The number of hydrogen-bond acceptors (Lipinski definition) is 5. The van der Waals surface area contributed by atoms with Gasteiger partial charge in [0.05, 0.1) is 18.6 Å². The summed E-state index contributed by atoms with van der Waals surface area (Å²) < 4.78 is 33.2. The number of thiophene rings is 1. The van der Waals surface area contributed by atoms with Crippen LogP contribution in [0.25, 0.3) is 0 Å². The Morgan fingerprint density at radius 3 is 2.60 bits per heavy atom. The molecule has 0 bridgehead atoms. The second-order valence-electron chi connectivity index (χ2n) is 7.83. The lowest BCUT2D eigenvalue weighted by Crippen LogP contribution is -2.46. The first-order valence-electron chi connectivity index (χ1n) is 10.6. The zero-order valence-corrected chi connectivity index (χ0v) is 18.8. The molecule has 0 saturated carbocycles. The van der Waals surface area contributed by atoms with Crippen molar-refractivity contribution >= 4 is 27.3 Å². The molecule has 1 aromatic heterocycles. The topological polar surface area (TPSA) is 66.9 Å². The second kappa shape index (κ2) is 9.08. The molecule has 30 heavy (non-hydrogen) atoms. The van der Waals surface area contributed by atoms with Gasteiger partial charge in [0.2, 0.25) is 5.91 Å². The van der Waals surface area contributed by atoms with Crippen molar-refractivity contribution in [3.05, 3.63) is 47.3 Å². The first-order chi connectivity index (χ1) is 14.5. The third kappa shape index (κ3) is 4.26. The maximum atomic E-state index is 13.4. The monoisotopic (exact) mass is 448 g/mol. The van der Waals surface area contributed by atoms with E-state index in [0.717, 1.165) is 37.1 Å². The molecule has 6 nitrogen and oxygen atoms in total. The molecule has 1 aromatic carbocycles. The van der Waals surface area contributed by atoms with Crippen LogP contribution in [0.3, 0.4) is 0 Å². The molecule has 0 unspecified atom stereocenters. The summed E-state index contributed by atoms with van der Waals surface area (Å²) in [7, 11) is -3.52. The first kappa shape index (κ1) is 21.3. The molecule has 2 fully saturated rings. The normalized spacial score (nSPS) is 22.9. The lowest BCUT2D eigenvalue weighted by molar-refractivity contribution is -0.137. The molecule has 2 aliphatic rings. The summed E-state index contributed by atoms with van der Waals surface area (Å²) in [5, 5.41) is 1.77.